The quantitative estimate of drug-likeness (QED) is 0.930. The van der Waals surface area contributed by atoms with E-state index in [1.807, 2.05) is 17.0 Å². The smallest absolute Gasteiger partial charge is 0.306 e. The van der Waals surface area contributed by atoms with Crippen molar-refractivity contribution in [2.24, 2.45) is 11.8 Å². The van der Waals surface area contributed by atoms with Gasteiger partial charge in [-0.25, -0.2) is 0 Å². The van der Waals surface area contributed by atoms with Gasteiger partial charge in [-0.15, -0.1) is 0 Å². The van der Waals surface area contributed by atoms with Crippen molar-refractivity contribution in [2.75, 3.05) is 13.7 Å². The molecule has 1 saturated carbocycles. The molecular formula is C18H23NO4. The third-order valence-corrected chi connectivity index (χ3v) is 5.18. The number of hydrogen-bond donors (Lipinski definition) is 1. The molecule has 1 aliphatic heterocycles. The SMILES string of the molecule is COc1cccc2c1CCN(C(=O)C1CCC(C(=O)O)CC1)C2. The first kappa shape index (κ1) is 15.8. The molecule has 1 fully saturated rings. The molecule has 1 aromatic carbocycles. The minimum absolute atomic E-state index is 0.0160. The van der Waals surface area contributed by atoms with Gasteiger partial charge in [0, 0.05) is 24.6 Å². The van der Waals surface area contributed by atoms with E-state index in [2.05, 4.69) is 6.07 Å². The molecule has 0 unspecified atom stereocenters. The van der Waals surface area contributed by atoms with Crippen LogP contribution in [0.4, 0.5) is 0 Å². The van der Waals surface area contributed by atoms with Crippen LogP contribution in [-0.4, -0.2) is 35.5 Å². The number of carboxylic acids is 1. The third-order valence-electron chi connectivity index (χ3n) is 5.18. The molecule has 124 valence electrons. The highest BCUT2D eigenvalue weighted by molar-refractivity contribution is 5.80. The van der Waals surface area contributed by atoms with E-state index in [9.17, 15) is 9.59 Å². The van der Waals surface area contributed by atoms with Gasteiger partial charge in [0.25, 0.3) is 0 Å². The Morgan fingerprint density at radius 3 is 2.52 bits per heavy atom. The molecule has 0 bridgehead atoms. The number of benzene rings is 1. The zero-order valence-electron chi connectivity index (χ0n) is 13.5. The normalized spacial score (nSPS) is 24.0. The van der Waals surface area contributed by atoms with Crippen LogP contribution in [-0.2, 0) is 22.6 Å². The summed E-state index contributed by atoms with van der Waals surface area (Å²) in [4.78, 5) is 25.7. The summed E-state index contributed by atoms with van der Waals surface area (Å²) in [7, 11) is 1.67. The lowest BCUT2D eigenvalue weighted by Crippen LogP contribution is -2.41. The topological polar surface area (TPSA) is 66.8 Å². The molecule has 0 saturated heterocycles. The molecule has 5 nitrogen and oxygen atoms in total. The Balaban J connectivity index is 1.65. The zero-order valence-corrected chi connectivity index (χ0v) is 13.5. The lowest BCUT2D eigenvalue weighted by Gasteiger charge is -2.34. The van der Waals surface area contributed by atoms with Gasteiger partial charge in [0.05, 0.1) is 13.0 Å². The Kier molecular flexibility index (Phi) is 4.55. The summed E-state index contributed by atoms with van der Waals surface area (Å²) < 4.78 is 5.40. The molecular weight excluding hydrogens is 294 g/mol. The molecule has 5 heteroatoms. The van der Waals surface area contributed by atoms with Crippen LogP contribution in [0.1, 0.15) is 36.8 Å². The molecule has 1 aliphatic carbocycles. The number of carbonyl (C=O) groups excluding carboxylic acids is 1. The van der Waals surface area contributed by atoms with Gasteiger partial charge in [-0.05, 0) is 43.7 Å². The number of amides is 1. The third kappa shape index (κ3) is 3.19. The number of hydrogen-bond acceptors (Lipinski definition) is 3. The molecule has 1 N–H and O–H groups in total. The van der Waals surface area contributed by atoms with Crippen molar-refractivity contribution in [1.82, 2.24) is 4.90 Å². The highest BCUT2D eigenvalue weighted by Gasteiger charge is 2.33. The van der Waals surface area contributed by atoms with Crippen molar-refractivity contribution in [3.05, 3.63) is 29.3 Å². The van der Waals surface area contributed by atoms with E-state index < -0.39 is 5.97 Å². The second kappa shape index (κ2) is 6.60. The van der Waals surface area contributed by atoms with Gasteiger partial charge in [-0.3, -0.25) is 9.59 Å². The number of aliphatic carboxylic acids is 1. The Bertz CT molecular complexity index is 605. The maximum atomic E-state index is 12.7. The van der Waals surface area contributed by atoms with E-state index in [0.717, 1.165) is 17.7 Å². The van der Waals surface area contributed by atoms with Crippen molar-refractivity contribution in [3.63, 3.8) is 0 Å². The van der Waals surface area contributed by atoms with E-state index in [-0.39, 0.29) is 17.7 Å². The van der Waals surface area contributed by atoms with E-state index in [1.54, 1.807) is 7.11 Å². The van der Waals surface area contributed by atoms with Gasteiger partial charge in [0.1, 0.15) is 5.75 Å². The number of carbonyl (C=O) groups is 2. The first-order chi connectivity index (χ1) is 11.1. The fourth-order valence-corrected chi connectivity index (χ4v) is 3.80. The van der Waals surface area contributed by atoms with Gasteiger partial charge in [0.2, 0.25) is 5.91 Å². The molecule has 0 radical (unpaired) electrons. The summed E-state index contributed by atoms with van der Waals surface area (Å²) in [5.74, 6) is 0.0666. The van der Waals surface area contributed by atoms with Crippen molar-refractivity contribution in [1.29, 1.82) is 0 Å². The monoisotopic (exact) mass is 317 g/mol. The lowest BCUT2D eigenvalue weighted by atomic mass is 9.81. The van der Waals surface area contributed by atoms with Crippen LogP contribution in [0, 0.1) is 11.8 Å². The van der Waals surface area contributed by atoms with Crippen LogP contribution >= 0.6 is 0 Å². The van der Waals surface area contributed by atoms with E-state index >= 15 is 0 Å². The number of fused-ring (bicyclic) bond motifs is 1. The van der Waals surface area contributed by atoms with Crippen LogP contribution < -0.4 is 4.74 Å². The van der Waals surface area contributed by atoms with Gasteiger partial charge in [0.15, 0.2) is 0 Å². The number of rotatable bonds is 3. The molecule has 23 heavy (non-hydrogen) atoms. The average molecular weight is 317 g/mol. The molecule has 1 aromatic rings. The fraction of sp³-hybridized carbons (Fsp3) is 0.556. The lowest BCUT2D eigenvalue weighted by molar-refractivity contribution is -0.146. The molecule has 0 aromatic heterocycles. The molecule has 1 amide bonds. The standard InChI is InChI=1S/C18H23NO4/c1-23-16-4-2-3-14-11-19(10-9-15(14)16)17(20)12-5-7-13(8-6-12)18(21)22/h2-4,12-13H,5-11H2,1H3,(H,21,22). The first-order valence-corrected chi connectivity index (χ1v) is 8.26. The molecule has 0 spiro atoms. The van der Waals surface area contributed by atoms with Crippen molar-refractivity contribution in [2.45, 2.75) is 38.6 Å². The van der Waals surface area contributed by atoms with Crippen molar-refractivity contribution < 1.29 is 19.4 Å². The van der Waals surface area contributed by atoms with Crippen molar-refractivity contribution in [3.8, 4) is 5.75 Å². The highest BCUT2D eigenvalue weighted by Crippen LogP contribution is 2.33. The van der Waals surface area contributed by atoms with Gasteiger partial charge in [-0.2, -0.15) is 0 Å². The highest BCUT2D eigenvalue weighted by atomic mass is 16.5. The largest absolute Gasteiger partial charge is 0.496 e. The number of methoxy groups -OCH3 is 1. The fourth-order valence-electron chi connectivity index (χ4n) is 3.80. The van der Waals surface area contributed by atoms with E-state index in [4.69, 9.17) is 9.84 Å². The second-order valence-electron chi connectivity index (χ2n) is 6.49. The first-order valence-electron chi connectivity index (χ1n) is 8.26. The summed E-state index contributed by atoms with van der Waals surface area (Å²) in [6.45, 7) is 1.34. The Morgan fingerprint density at radius 2 is 1.87 bits per heavy atom. The van der Waals surface area contributed by atoms with Gasteiger partial charge >= 0.3 is 5.97 Å². The summed E-state index contributed by atoms with van der Waals surface area (Å²) in [6, 6.07) is 5.98. The number of nitrogens with zero attached hydrogens (tertiary/aromatic N) is 1. The predicted octanol–water partition coefficient (Wildman–Crippen LogP) is 2.47. The Labute approximate surface area is 136 Å². The summed E-state index contributed by atoms with van der Waals surface area (Å²) >= 11 is 0. The zero-order chi connectivity index (χ0) is 16.4. The summed E-state index contributed by atoms with van der Waals surface area (Å²) in [5.41, 5.74) is 2.36. The maximum Gasteiger partial charge on any atom is 0.306 e. The predicted molar refractivity (Wildman–Crippen MR) is 85.2 cm³/mol. The minimum atomic E-state index is -0.727. The summed E-state index contributed by atoms with van der Waals surface area (Å²) in [6.07, 6.45) is 3.43. The molecule has 2 aliphatic rings. The van der Waals surface area contributed by atoms with Gasteiger partial charge in [-0.1, -0.05) is 12.1 Å². The van der Waals surface area contributed by atoms with Crippen LogP contribution in [0.25, 0.3) is 0 Å². The van der Waals surface area contributed by atoms with Crippen LogP contribution in [0.2, 0.25) is 0 Å². The van der Waals surface area contributed by atoms with E-state index in [1.165, 1.54) is 5.56 Å². The Hall–Kier alpha value is -2.04. The molecule has 0 atom stereocenters. The summed E-state index contributed by atoms with van der Waals surface area (Å²) in [5, 5.41) is 9.06. The van der Waals surface area contributed by atoms with Crippen LogP contribution in [0.15, 0.2) is 18.2 Å². The molecule has 1 heterocycles. The average Bonchev–Trinajstić information content (AvgIpc) is 2.60. The number of ether oxygens (including phenoxy) is 1. The van der Waals surface area contributed by atoms with Crippen LogP contribution in [0.5, 0.6) is 5.75 Å². The molecule has 3 rings (SSSR count). The van der Waals surface area contributed by atoms with Crippen LogP contribution in [0.3, 0.4) is 0 Å². The maximum absolute atomic E-state index is 12.7. The van der Waals surface area contributed by atoms with E-state index in [0.29, 0.717) is 38.8 Å². The minimum Gasteiger partial charge on any atom is -0.496 e. The van der Waals surface area contributed by atoms with Gasteiger partial charge < -0.3 is 14.7 Å². The Morgan fingerprint density at radius 1 is 1.17 bits per heavy atom. The van der Waals surface area contributed by atoms with Crippen molar-refractivity contribution >= 4 is 11.9 Å². The number of carboxylic acid groups (broad SMARTS) is 1. The second-order valence-corrected chi connectivity index (χ2v) is 6.49.